The third kappa shape index (κ3) is 4.56. The van der Waals surface area contributed by atoms with Crippen LogP contribution >= 0.6 is 0 Å². The SMILES string of the molecule is COc1ccc(CNC(=O)C(N)S(=O)(=O)c2ccc(CO)cc2)cc1. The summed E-state index contributed by atoms with van der Waals surface area (Å²) in [5, 5.41) is 9.79. The number of aliphatic hydroxyl groups excluding tert-OH is 1. The van der Waals surface area contributed by atoms with Crippen LogP contribution in [0.5, 0.6) is 5.75 Å². The first kappa shape index (κ1) is 18.9. The Balaban J connectivity index is 2.03. The molecule has 8 heteroatoms. The molecule has 0 aliphatic carbocycles. The summed E-state index contributed by atoms with van der Waals surface area (Å²) in [6.45, 7) is -0.0514. The highest BCUT2D eigenvalue weighted by molar-refractivity contribution is 7.92. The van der Waals surface area contributed by atoms with Gasteiger partial charge in [-0.05, 0) is 35.4 Å². The molecule has 0 aliphatic heterocycles. The van der Waals surface area contributed by atoms with Crippen molar-refractivity contribution in [3.05, 3.63) is 59.7 Å². The van der Waals surface area contributed by atoms with Crippen LogP contribution in [0.15, 0.2) is 53.4 Å². The number of rotatable bonds is 7. The van der Waals surface area contributed by atoms with Gasteiger partial charge in [-0.2, -0.15) is 0 Å². The van der Waals surface area contributed by atoms with Gasteiger partial charge in [0.25, 0.3) is 5.91 Å². The topological polar surface area (TPSA) is 119 Å². The van der Waals surface area contributed by atoms with Crippen LogP contribution in [0.3, 0.4) is 0 Å². The average molecular weight is 364 g/mol. The summed E-state index contributed by atoms with van der Waals surface area (Å²) in [6.07, 6.45) is 0. The van der Waals surface area contributed by atoms with E-state index in [0.717, 1.165) is 5.56 Å². The lowest BCUT2D eigenvalue weighted by Crippen LogP contribution is -2.45. The van der Waals surface area contributed by atoms with Crippen LogP contribution in [-0.2, 0) is 27.8 Å². The molecule has 0 heterocycles. The molecule has 134 valence electrons. The third-order valence-corrected chi connectivity index (χ3v) is 5.46. The van der Waals surface area contributed by atoms with Crippen molar-refractivity contribution in [2.24, 2.45) is 5.73 Å². The van der Waals surface area contributed by atoms with Crippen LogP contribution < -0.4 is 15.8 Å². The van der Waals surface area contributed by atoms with Crippen molar-refractivity contribution in [1.82, 2.24) is 5.32 Å². The molecule has 1 amide bonds. The maximum absolute atomic E-state index is 12.4. The van der Waals surface area contributed by atoms with Gasteiger partial charge in [0.05, 0.1) is 18.6 Å². The van der Waals surface area contributed by atoms with E-state index in [1.807, 2.05) is 0 Å². The molecule has 0 radical (unpaired) electrons. The Kier molecular flexibility index (Phi) is 6.13. The molecule has 0 aliphatic rings. The Hall–Kier alpha value is -2.42. The average Bonchev–Trinajstić information content (AvgIpc) is 2.65. The normalized spacial score (nSPS) is 12.4. The standard InChI is InChI=1S/C17H20N2O5S/c1-24-14-6-2-12(3-7-14)10-19-17(21)16(18)25(22,23)15-8-4-13(11-20)5-9-15/h2-9,16,20H,10-11,18H2,1H3,(H,19,21). The van der Waals surface area contributed by atoms with Gasteiger partial charge < -0.3 is 20.9 Å². The number of amides is 1. The number of hydrogen-bond donors (Lipinski definition) is 3. The Morgan fingerprint density at radius 2 is 1.68 bits per heavy atom. The van der Waals surface area contributed by atoms with Gasteiger partial charge in [-0.25, -0.2) is 8.42 Å². The maximum atomic E-state index is 12.4. The fraction of sp³-hybridized carbons (Fsp3) is 0.235. The number of ether oxygens (including phenoxy) is 1. The van der Waals surface area contributed by atoms with Crippen LogP contribution in [0.25, 0.3) is 0 Å². The largest absolute Gasteiger partial charge is 0.497 e. The lowest BCUT2D eigenvalue weighted by Gasteiger charge is -2.14. The Bertz CT molecular complexity index is 817. The molecule has 0 spiro atoms. The highest BCUT2D eigenvalue weighted by Gasteiger charge is 2.30. The van der Waals surface area contributed by atoms with Gasteiger partial charge in [0.15, 0.2) is 5.37 Å². The zero-order valence-electron chi connectivity index (χ0n) is 13.7. The highest BCUT2D eigenvalue weighted by Crippen LogP contribution is 2.15. The number of nitrogens with two attached hydrogens (primary N) is 1. The fourth-order valence-corrected chi connectivity index (χ4v) is 3.28. The first-order chi connectivity index (χ1) is 11.9. The summed E-state index contributed by atoms with van der Waals surface area (Å²) in [6, 6.07) is 12.6. The number of aliphatic hydroxyl groups is 1. The number of nitrogens with one attached hydrogen (secondary N) is 1. The van der Waals surface area contributed by atoms with E-state index >= 15 is 0 Å². The predicted molar refractivity (Wildman–Crippen MR) is 92.4 cm³/mol. The van der Waals surface area contributed by atoms with Gasteiger partial charge in [-0.1, -0.05) is 24.3 Å². The number of benzene rings is 2. The van der Waals surface area contributed by atoms with E-state index < -0.39 is 21.1 Å². The van der Waals surface area contributed by atoms with Crippen molar-refractivity contribution in [2.45, 2.75) is 23.4 Å². The molecule has 0 saturated carbocycles. The van der Waals surface area contributed by atoms with E-state index in [9.17, 15) is 13.2 Å². The Morgan fingerprint density at radius 1 is 1.12 bits per heavy atom. The maximum Gasteiger partial charge on any atom is 0.253 e. The number of carbonyl (C=O) groups is 1. The fourth-order valence-electron chi connectivity index (χ4n) is 2.11. The molecular formula is C17H20N2O5S. The lowest BCUT2D eigenvalue weighted by atomic mass is 10.2. The molecule has 0 aromatic heterocycles. The second kappa shape index (κ2) is 8.11. The van der Waals surface area contributed by atoms with E-state index in [-0.39, 0.29) is 18.0 Å². The van der Waals surface area contributed by atoms with E-state index in [2.05, 4.69) is 5.32 Å². The Morgan fingerprint density at radius 3 is 2.20 bits per heavy atom. The van der Waals surface area contributed by atoms with Crippen molar-refractivity contribution in [3.8, 4) is 5.75 Å². The van der Waals surface area contributed by atoms with Crippen molar-refractivity contribution in [3.63, 3.8) is 0 Å². The molecule has 2 aromatic carbocycles. The van der Waals surface area contributed by atoms with Crippen molar-refractivity contribution < 1.29 is 23.1 Å². The number of methoxy groups -OCH3 is 1. The minimum absolute atomic E-state index is 0.0724. The highest BCUT2D eigenvalue weighted by atomic mass is 32.2. The smallest absolute Gasteiger partial charge is 0.253 e. The summed E-state index contributed by atoms with van der Waals surface area (Å²) in [5.41, 5.74) is 6.99. The van der Waals surface area contributed by atoms with E-state index in [1.54, 1.807) is 31.4 Å². The molecule has 0 saturated heterocycles. The summed E-state index contributed by atoms with van der Waals surface area (Å²) >= 11 is 0. The van der Waals surface area contributed by atoms with E-state index in [4.69, 9.17) is 15.6 Å². The zero-order chi connectivity index (χ0) is 18.4. The first-order valence-electron chi connectivity index (χ1n) is 7.48. The molecule has 1 unspecified atom stereocenters. The Labute approximate surface area is 146 Å². The van der Waals surface area contributed by atoms with Crippen molar-refractivity contribution in [2.75, 3.05) is 7.11 Å². The predicted octanol–water partition coefficient (Wildman–Crippen LogP) is 0.562. The summed E-state index contributed by atoms with van der Waals surface area (Å²) < 4.78 is 29.8. The molecule has 1 atom stereocenters. The second-order valence-corrected chi connectivity index (χ2v) is 7.40. The quantitative estimate of drug-likeness (QED) is 0.661. The van der Waals surface area contributed by atoms with Gasteiger partial charge in [0.1, 0.15) is 5.75 Å². The molecule has 2 aromatic rings. The van der Waals surface area contributed by atoms with Crippen LogP contribution in [-0.4, -0.2) is 31.9 Å². The van der Waals surface area contributed by atoms with Crippen LogP contribution in [0, 0.1) is 0 Å². The summed E-state index contributed by atoms with van der Waals surface area (Å²) in [7, 11) is -2.46. The van der Waals surface area contributed by atoms with Gasteiger partial charge in [0.2, 0.25) is 9.84 Å². The molecule has 0 bridgehead atoms. The van der Waals surface area contributed by atoms with Crippen molar-refractivity contribution >= 4 is 15.7 Å². The van der Waals surface area contributed by atoms with Gasteiger partial charge in [0, 0.05) is 6.54 Å². The number of carbonyl (C=O) groups excluding carboxylic acids is 1. The molecular weight excluding hydrogens is 344 g/mol. The van der Waals surface area contributed by atoms with Gasteiger partial charge in [-0.15, -0.1) is 0 Å². The van der Waals surface area contributed by atoms with Crippen LogP contribution in [0.1, 0.15) is 11.1 Å². The molecule has 0 fully saturated rings. The monoisotopic (exact) mass is 364 g/mol. The van der Waals surface area contributed by atoms with E-state index in [1.165, 1.54) is 24.3 Å². The summed E-state index contributed by atoms with van der Waals surface area (Å²) in [4.78, 5) is 12.0. The van der Waals surface area contributed by atoms with Crippen LogP contribution in [0.4, 0.5) is 0 Å². The molecule has 4 N–H and O–H groups in total. The first-order valence-corrected chi connectivity index (χ1v) is 9.03. The second-order valence-electron chi connectivity index (χ2n) is 5.33. The molecule has 25 heavy (non-hydrogen) atoms. The number of hydrogen-bond acceptors (Lipinski definition) is 6. The minimum atomic E-state index is -4.01. The minimum Gasteiger partial charge on any atom is -0.497 e. The molecule has 7 nitrogen and oxygen atoms in total. The van der Waals surface area contributed by atoms with E-state index in [0.29, 0.717) is 11.3 Å². The zero-order valence-corrected chi connectivity index (χ0v) is 14.5. The van der Waals surface area contributed by atoms with Gasteiger partial charge >= 0.3 is 0 Å². The van der Waals surface area contributed by atoms with Gasteiger partial charge in [-0.3, -0.25) is 4.79 Å². The number of sulfone groups is 1. The van der Waals surface area contributed by atoms with Crippen molar-refractivity contribution in [1.29, 1.82) is 0 Å². The third-order valence-electron chi connectivity index (χ3n) is 3.65. The molecule has 2 rings (SSSR count). The lowest BCUT2D eigenvalue weighted by molar-refractivity contribution is -0.120. The summed E-state index contributed by atoms with van der Waals surface area (Å²) in [5.74, 6) is -0.109. The van der Waals surface area contributed by atoms with Crippen LogP contribution in [0.2, 0.25) is 0 Å².